The lowest BCUT2D eigenvalue weighted by Crippen LogP contribution is -2.48. The molecule has 1 aliphatic heterocycles. The maximum absolute atomic E-state index is 9.90. The third-order valence-electron chi connectivity index (χ3n) is 7.47. The van der Waals surface area contributed by atoms with Gasteiger partial charge in [-0.05, 0) is 67.7 Å². The minimum Gasteiger partial charge on any atom is -0.395 e. The minimum atomic E-state index is -0.274. The predicted octanol–water partition coefficient (Wildman–Crippen LogP) is 3.25. The van der Waals surface area contributed by atoms with Crippen molar-refractivity contribution in [2.45, 2.75) is 44.2 Å². The number of hydrogen-bond donors (Lipinski definition) is 3. The Labute approximate surface area is 202 Å². The van der Waals surface area contributed by atoms with Crippen molar-refractivity contribution < 1.29 is 10.2 Å². The number of likely N-dealkylation sites (tertiary alicyclic amines) is 1. The normalized spacial score (nSPS) is 29.8. The fourth-order valence-corrected chi connectivity index (χ4v) is 5.23. The third kappa shape index (κ3) is 5.93. The second kappa shape index (κ2) is 10.8. The molecule has 0 amide bonds. The van der Waals surface area contributed by atoms with Gasteiger partial charge >= 0.3 is 0 Å². The average Bonchev–Trinajstić information content (AvgIpc) is 3.72. The van der Waals surface area contributed by atoms with Crippen molar-refractivity contribution in [2.75, 3.05) is 26.2 Å². The van der Waals surface area contributed by atoms with Crippen LogP contribution in [0.4, 0.5) is 0 Å². The van der Waals surface area contributed by atoms with Crippen molar-refractivity contribution in [2.24, 2.45) is 17.8 Å². The Kier molecular flexibility index (Phi) is 7.38. The molecule has 2 fully saturated rings. The van der Waals surface area contributed by atoms with Crippen LogP contribution in [0, 0.1) is 17.8 Å². The van der Waals surface area contributed by atoms with Gasteiger partial charge in [0.25, 0.3) is 0 Å². The van der Waals surface area contributed by atoms with E-state index in [9.17, 15) is 10.2 Å². The molecule has 34 heavy (non-hydrogen) atoms. The summed E-state index contributed by atoms with van der Waals surface area (Å²) in [4.78, 5) is 2.35. The molecule has 1 aromatic heterocycles. The molecule has 0 aromatic carbocycles. The summed E-state index contributed by atoms with van der Waals surface area (Å²) in [7, 11) is 0. The Bertz CT molecular complexity index is 993. The molecular weight excluding hydrogens is 424 g/mol. The van der Waals surface area contributed by atoms with Crippen molar-refractivity contribution in [1.29, 1.82) is 0 Å². The van der Waals surface area contributed by atoms with Gasteiger partial charge in [-0.15, -0.1) is 0 Å². The molecule has 1 aromatic rings. The van der Waals surface area contributed by atoms with Gasteiger partial charge in [-0.3, -0.25) is 4.90 Å². The topological polar surface area (TPSA) is 81.5 Å². The lowest BCUT2D eigenvalue weighted by molar-refractivity contribution is 0.0124. The molecule has 3 aliphatic carbocycles. The molecular formula is C28H36N4O2. The number of aliphatic hydroxyl groups excluding tert-OH is 2. The Hall–Kier alpha value is -2.54. The zero-order valence-corrected chi connectivity index (χ0v) is 19.8. The molecule has 1 saturated carbocycles. The van der Waals surface area contributed by atoms with E-state index in [2.05, 4.69) is 62.9 Å². The van der Waals surface area contributed by atoms with Gasteiger partial charge in [0, 0.05) is 49.1 Å². The first-order chi connectivity index (χ1) is 16.7. The maximum atomic E-state index is 9.90. The lowest BCUT2D eigenvalue weighted by Gasteiger charge is -2.38. The standard InChI is InChI=1S/C28H36N4O2/c33-19-26-16-27(34)11-13-32(26)18-21-5-3-20(4-6-21)17-29-25-14-23(22-7-8-22)9-10-24(15-25)28-2-1-12-30-31-28/h1-5,9-10,12,14-15,21-23,26-27,29,33-34H,6-8,11,13,16-19H2/t21?,23?,26-,27+/m0/s1. The summed E-state index contributed by atoms with van der Waals surface area (Å²) in [6.45, 7) is 2.72. The largest absolute Gasteiger partial charge is 0.395 e. The van der Waals surface area contributed by atoms with Gasteiger partial charge in [-0.2, -0.15) is 10.2 Å². The van der Waals surface area contributed by atoms with Gasteiger partial charge in [0.2, 0.25) is 0 Å². The van der Waals surface area contributed by atoms with E-state index >= 15 is 0 Å². The summed E-state index contributed by atoms with van der Waals surface area (Å²) in [5.74, 6) is 1.68. The van der Waals surface area contributed by atoms with Crippen molar-refractivity contribution in [1.82, 2.24) is 20.4 Å². The molecule has 0 radical (unpaired) electrons. The first-order valence-corrected chi connectivity index (χ1v) is 12.7. The molecule has 180 valence electrons. The number of nitrogens with one attached hydrogen (secondary N) is 1. The SMILES string of the molecule is OC[C@@H]1C[C@H](O)CCN1CC1C=CC(CNC2=CC(C3CC3)C=CC(c3cccnn3)=C2)=CC1. The molecule has 4 atom stereocenters. The van der Waals surface area contributed by atoms with E-state index in [1.54, 1.807) is 6.20 Å². The van der Waals surface area contributed by atoms with E-state index in [4.69, 9.17) is 0 Å². The van der Waals surface area contributed by atoms with E-state index in [-0.39, 0.29) is 18.8 Å². The smallest absolute Gasteiger partial charge is 0.0930 e. The van der Waals surface area contributed by atoms with E-state index < -0.39 is 0 Å². The van der Waals surface area contributed by atoms with Crippen LogP contribution in [-0.4, -0.2) is 63.7 Å². The number of nitrogens with zero attached hydrogens (tertiary/aromatic N) is 3. The molecule has 6 heteroatoms. The lowest BCUT2D eigenvalue weighted by atomic mass is 9.93. The van der Waals surface area contributed by atoms with Crippen molar-refractivity contribution >= 4 is 5.57 Å². The second-order valence-electron chi connectivity index (χ2n) is 10.1. The number of aliphatic hydroxyl groups is 2. The van der Waals surface area contributed by atoms with Crippen LogP contribution in [0.2, 0.25) is 0 Å². The molecule has 2 heterocycles. The average molecular weight is 461 g/mol. The van der Waals surface area contributed by atoms with Crippen molar-refractivity contribution in [3.05, 3.63) is 77.8 Å². The third-order valence-corrected chi connectivity index (χ3v) is 7.47. The van der Waals surface area contributed by atoms with Gasteiger partial charge in [0.05, 0.1) is 18.4 Å². The molecule has 2 unspecified atom stereocenters. The Morgan fingerprint density at radius 2 is 2.06 bits per heavy atom. The van der Waals surface area contributed by atoms with Crippen molar-refractivity contribution in [3.8, 4) is 0 Å². The van der Waals surface area contributed by atoms with Crippen LogP contribution in [0.25, 0.3) is 5.57 Å². The molecule has 1 saturated heterocycles. The van der Waals surface area contributed by atoms with Crippen LogP contribution >= 0.6 is 0 Å². The number of rotatable bonds is 8. The first kappa shape index (κ1) is 23.2. The minimum absolute atomic E-state index is 0.0784. The van der Waals surface area contributed by atoms with Gasteiger partial charge in [-0.1, -0.05) is 36.5 Å². The fraction of sp³-hybridized carbons (Fsp3) is 0.500. The van der Waals surface area contributed by atoms with Gasteiger partial charge in [0.15, 0.2) is 0 Å². The zero-order chi connectivity index (χ0) is 23.3. The summed E-state index contributed by atoms with van der Waals surface area (Å²) >= 11 is 0. The van der Waals surface area contributed by atoms with Crippen LogP contribution in [0.3, 0.4) is 0 Å². The van der Waals surface area contributed by atoms with Crippen LogP contribution in [0.1, 0.15) is 37.8 Å². The van der Waals surface area contributed by atoms with Crippen LogP contribution in [0.15, 0.2) is 72.1 Å². The van der Waals surface area contributed by atoms with Crippen LogP contribution < -0.4 is 5.32 Å². The van der Waals surface area contributed by atoms with Gasteiger partial charge < -0.3 is 15.5 Å². The zero-order valence-electron chi connectivity index (χ0n) is 19.8. The summed E-state index contributed by atoms with van der Waals surface area (Å²) in [6, 6.07) is 4.02. The maximum Gasteiger partial charge on any atom is 0.0930 e. The van der Waals surface area contributed by atoms with Crippen LogP contribution in [-0.2, 0) is 0 Å². The van der Waals surface area contributed by atoms with E-state index in [1.807, 2.05) is 12.1 Å². The van der Waals surface area contributed by atoms with Gasteiger partial charge in [0.1, 0.15) is 0 Å². The quantitative estimate of drug-likeness (QED) is 0.553. The number of hydrogen-bond acceptors (Lipinski definition) is 6. The fourth-order valence-electron chi connectivity index (χ4n) is 5.23. The molecule has 5 rings (SSSR count). The summed E-state index contributed by atoms with van der Waals surface area (Å²) in [6.07, 6.45) is 22.5. The Morgan fingerprint density at radius 3 is 2.79 bits per heavy atom. The summed E-state index contributed by atoms with van der Waals surface area (Å²) in [5, 5.41) is 31.6. The highest BCUT2D eigenvalue weighted by molar-refractivity contribution is 5.74. The van der Waals surface area contributed by atoms with Gasteiger partial charge in [-0.25, -0.2) is 0 Å². The second-order valence-corrected chi connectivity index (χ2v) is 10.1. The molecule has 0 spiro atoms. The highest BCUT2D eigenvalue weighted by Crippen LogP contribution is 2.40. The predicted molar refractivity (Wildman–Crippen MR) is 134 cm³/mol. The van der Waals surface area contributed by atoms with Crippen molar-refractivity contribution in [3.63, 3.8) is 0 Å². The summed E-state index contributed by atoms with van der Waals surface area (Å²) in [5.41, 5.74) is 4.44. The Balaban J connectivity index is 1.19. The number of aromatic nitrogens is 2. The van der Waals surface area contributed by atoms with Crippen LogP contribution in [0.5, 0.6) is 0 Å². The Morgan fingerprint density at radius 1 is 1.15 bits per heavy atom. The molecule has 3 N–H and O–H groups in total. The number of allylic oxidation sites excluding steroid dienone is 6. The summed E-state index contributed by atoms with van der Waals surface area (Å²) < 4.78 is 0. The van der Waals surface area contributed by atoms with E-state index in [0.717, 1.165) is 55.4 Å². The monoisotopic (exact) mass is 460 g/mol. The highest BCUT2D eigenvalue weighted by atomic mass is 16.3. The number of piperidine rings is 1. The molecule has 4 aliphatic rings. The highest BCUT2D eigenvalue weighted by Gasteiger charge is 2.30. The van der Waals surface area contributed by atoms with E-state index in [0.29, 0.717) is 18.3 Å². The molecule has 0 bridgehead atoms. The molecule has 6 nitrogen and oxygen atoms in total. The first-order valence-electron chi connectivity index (χ1n) is 12.7. The van der Waals surface area contributed by atoms with E-state index in [1.165, 1.54) is 18.4 Å².